The zero-order valence-corrected chi connectivity index (χ0v) is 21.9. The first kappa shape index (κ1) is 25.8. The Morgan fingerprint density at radius 3 is 2.44 bits per heavy atom. The number of sulfonamides is 1. The van der Waals surface area contributed by atoms with Gasteiger partial charge < -0.3 is 4.74 Å². The summed E-state index contributed by atoms with van der Waals surface area (Å²) in [6.07, 6.45) is 3.40. The van der Waals surface area contributed by atoms with Gasteiger partial charge in [-0.05, 0) is 79.4 Å². The highest BCUT2D eigenvalue weighted by Gasteiger charge is 2.27. The van der Waals surface area contributed by atoms with Crippen LogP contribution in [0.2, 0.25) is 0 Å². The average Bonchev–Trinajstić information content (AvgIpc) is 2.83. The van der Waals surface area contributed by atoms with Crippen LogP contribution < -0.4 is 14.5 Å². The lowest BCUT2D eigenvalue weighted by molar-refractivity contribution is -0.119. The summed E-state index contributed by atoms with van der Waals surface area (Å²) >= 11 is 4.89. The standard InChI is InChI=1S/C24H24BrN3O4S2/c1-3-32-21-9-7-20(8-10-21)28(34(30,31)23-13-11-22(33-2)12-14-23)17-24(29)27-26-16-18-5-4-6-19(25)15-18/h4-16H,3,17H2,1-2H3,(H,27,29)/b26-16-. The lowest BCUT2D eigenvalue weighted by atomic mass is 10.2. The van der Waals surface area contributed by atoms with Crippen LogP contribution in [0.15, 0.2) is 92.2 Å². The Bertz CT molecular complexity index is 1250. The predicted octanol–water partition coefficient (Wildman–Crippen LogP) is 4.92. The van der Waals surface area contributed by atoms with E-state index in [0.29, 0.717) is 18.0 Å². The molecule has 0 aromatic heterocycles. The third kappa shape index (κ3) is 6.85. The number of ether oxygens (including phenoxy) is 1. The van der Waals surface area contributed by atoms with Crippen LogP contribution >= 0.6 is 27.7 Å². The monoisotopic (exact) mass is 561 g/mol. The highest BCUT2D eigenvalue weighted by atomic mass is 79.9. The molecule has 0 bridgehead atoms. The minimum absolute atomic E-state index is 0.0876. The summed E-state index contributed by atoms with van der Waals surface area (Å²) in [4.78, 5) is 13.7. The molecule has 10 heteroatoms. The van der Waals surface area contributed by atoms with Gasteiger partial charge in [0.05, 0.1) is 23.4 Å². The van der Waals surface area contributed by atoms with Crippen molar-refractivity contribution >= 4 is 55.5 Å². The van der Waals surface area contributed by atoms with Gasteiger partial charge in [-0.1, -0.05) is 28.1 Å². The van der Waals surface area contributed by atoms with Crippen LogP contribution in [-0.4, -0.2) is 39.9 Å². The van der Waals surface area contributed by atoms with Gasteiger partial charge in [-0.3, -0.25) is 9.10 Å². The molecule has 0 aliphatic carbocycles. The number of rotatable bonds is 10. The molecule has 7 nitrogen and oxygen atoms in total. The molecular weight excluding hydrogens is 538 g/mol. The lowest BCUT2D eigenvalue weighted by Gasteiger charge is -2.24. The van der Waals surface area contributed by atoms with Crippen molar-refractivity contribution < 1.29 is 17.9 Å². The second-order valence-corrected chi connectivity index (χ2v) is 10.6. The van der Waals surface area contributed by atoms with E-state index in [-0.39, 0.29) is 4.90 Å². The molecule has 0 saturated carbocycles. The van der Waals surface area contributed by atoms with Gasteiger partial charge in [0.1, 0.15) is 12.3 Å². The van der Waals surface area contributed by atoms with Gasteiger partial charge in [0.25, 0.3) is 15.9 Å². The van der Waals surface area contributed by atoms with E-state index in [2.05, 4.69) is 26.5 Å². The topological polar surface area (TPSA) is 88.1 Å². The van der Waals surface area contributed by atoms with Crippen LogP contribution in [0.25, 0.3) is 0 Å². The maximum Gasteiger partial charge on any atom is 0.264 e. The first-order valence-electron chi connectivity index (χ1n) is 10.3. The summed E-state index contributed by atoms with van der Waals surface area (Å²) in [5, 5.41) is 3.96. The fraction of sp³-hybridized carbons (Fsp3) is 0.167. The zero-order chi connectivity index (χ0) is 24.6. The maximum absolute atomic E-state index is 13.5. The SMILES string of the molecule is CCOc1ccc(N(CC(=O)N/N=C\c2cccc(Br)c2)S(=O)(=O)c2ccc(SC)cc2)cc1. The first-order chi connectivity index (χ1) is 16.3. The Kier molecular flexibility index (Phi) is 9.14. The molecular formula is C24H24BrN3O4S2. The Hall–Kier alpha value is -2.82. The minimum Gasteiger partial charge on any atom is -0.494 e. The number of anilines is 1. The number of nitrogens with one attached hydrogen (secondary N) is 1. The normalized spacial score (nSPS) is 11.4. The molecule has 0 radical (unpaired) electrons. The Labute approximate surface area is 212 Å². The van der Waals surface area contributed by atoms with E-state index < -0.39 is 22.5 Å². The molecule has 3 rings (SSSR count). The molecule has 1 N–H and O–H groups in total. The molecule has 34 heavy (non-hydrogen) atoms. The summed E-state index contributed by atoms with van der Waals surface area (Å²) in [5.41, 5.74) is 3.52. The summed E-state index contributed by atoms with van der Waals surface area (Å²) in [5.74, 6) is 0.0282. The fourth-order valence-electron chi connectivity index (χ4n) is 3.00. The number of halogens is 1. The average molecular weight is 563 g/mol. The number of thioether (sulfide) groups is 1. The van der Waals surface area contributed by atoms with E-state index in [4.69, 9.17) is 4.74 Å². The smallest absolute Gasteiger partial charge is 0.264 e. The molecule has 0 heterocycles. The van der Waals surface area contributed by atoms with Crippen molar-refractivity contribution in [1.82, 2.24) is 5.43 Å². The van der Waals surface area contributed by atoms with Crippen molar-refractivity contribution in [2.75, 3.05) is 23.7 Å². The number of nitrogens with zero attached hydrogens (tertiary/aromatic N) is 2. The number of hydrogen-bond acceptors (Lipinski definition) is 6. The van der Waals surface area contributed by atoms with Gasteiger partial charge in [-0.2, -0.15) is 5.10 Å². The fourth-order valence-corrected chi connectivity index (χ4v) is 5.24. The van der Waals surface area contributed by atoms with Crippen molar-refractivity contribution in [2.24, 2.45) is 5.10 Å². The third-order valence-corrected chi connectivity index (χ3v) is 7.65. The molecule has 3 aromatic carbocycles. The van der Waals surface area contributed by atoms with E-state index >= 15 is 0 Å². The number of carbonyl (C=O) groups is 1. The second kappa shape index (κ2) is 12.0. The Morgan fingerprint density at radius 2 is 1.82 bits per heavy atom. The van der Waals surface area contributed by atoms with Gasteiger partial charge >= 0.3 is 0 Å². The van der Waals surface area contributed by atoms with Crippen molar-refractivity contribution in [3.8, 4) is 5.75 Å². The molecule has 0 aliphatic heterocycles. The third-order valence-electron chi connectivity index (χ3n) is 4.62. The van der Waals surface area contributed by atoms with E-state index in [9.17, 15) is 13.2 Å². The number of carbonyl (C=O) groups excluding carboxylic acids is 1. The minimum atomic E-state index is -4.02. The van der Waals surface area contributed by atoms with Gasteiger partial charge in [0.15, 0.2) is 0 Å². The van der Waals surface area contributed by atoms with Gasteiger partial charge in [-0.25, -0.2) is 13.8 Å². The highest BCUT2D eigenvalue weighted by Crippen LogP contribution is 2.27. The number of hydrogen-bond donors (Lipinski definition) is 1. The van der Waals surface area contributed by atoms with Crippen molar-refractivity contribution in [1.29, 1.82) is 0 Å². The molecule has 0 saturated heterocycles. The molecule has 0 aliphatic rings. The van der Waals surface area contributed by atoms with Crippen LogP contribution in [0, 0.1) is 0 Å². The van der Waals surface area contributed by atoms with E-state index in [0.717, 1.165) is 19.2 Å². The van der Waals surface area contributed by atoms with Crippen LogP contribution in [0.1, 0.15) is 12.5 Å². The summed E-state index contributed by atoms with van der Waals surface area (Å²) in [7, 11) is -4.02. The van der Waals surface area contributed by atoms with Gasteiger partial charge in [-0.15, -0.1) is 11.8 Å². The molecule has 0 fully saturated rings. The zero-order valence-electron chi connectivity index (χ0n) is 18.6. The first-order valence-corrected chi connectivity index (χ1v) is 13.8. The molecule has 3 aromatic rings. The highest BCUT2D eigenvalue weighted by molar-refractivity contribution is 9.10. The molecule has 0 atom stereocenters. The largest absolute Gasteiger partial charge is 0.494 e. The van der Waals surface area contributed by atoms with E-state index in [1.165, 1.54) is 30.1 Å². The number of amides is 1. The van der Waals surface area contributed by atoms with Crippen molar-refractivity contribution in [3.63, 3.8) is 0 Å². The molecule has 0 spiro atoms. The van der Waals surface area contributed by atoms with Crippen LogP contribution in [0.5, 0.6) is 5.75 Å². The van der Waals surface area contributed by atoms with E-state index in [1.54, 1.807) is 36.4 Å². The predicted molar refractivity (Wildman–Crippen MR) is 140 cm³/mol. The van der Waals surface area contributed by atoms with Crippen LogP contribution in [-0.2, 0) is 14.8 Å². The Balaban J connectivity index is 1.85. The quantitative estimate of drug-likeness (QED) is 0.216. The van der Waals surface area contributed by atoms with Crippen molar-refractivity contribution in [2.45, 2.75) is 16.7 Å². The van der Waals surface area contributed by atoms with Gasteiger partial charge in [0, 0.05) is 9.37 Å². The summed E-state index contributed by atoms with van der Waals surface area (Å²) < 4.78 is 34.3. The lowest BCUT2D eigenvalue weighted by Crippen LogP contribution is -2.39. The van der Waals surface area contributed by atoms with Gasteiger partial charge in [0.2, 0.25) is 0 Å². The number of benzene rings is 3. The number of hydrazone groups is 1. The maximum atomic E-state index is 13.5. The molecule has 0 unspecified atom stereocenters. The van der Waals surface area contributed by atoms with Crippen LogP contribution in [0.3, 0.4) is 0 Å². The van der Waals surface area contributed by atoms with Crippen LogP contribution in [0.4, 0.5) is 5.69 Å². The van der Waals surface area contributed by atoms with Crippen molar-refractivity contribution in [3.05, 3.63) is 82.8 Å². The summed E-state index contributed by atoms with van der Waals surface area (Å²) in [6, 6.07) is 20.5. The van der Waals surface area contributed by atoms with E-state index in [1.807, 2.05) is 37.4 Å². The summed E-state index contributed by atoms with van der Waals surface area (Å²) in [6.45, 7) is 1.90. The molecule has 1 amide bonds. The Morgan fingerprint density at radius 1 is 1.12 bits per heavy atom. The molecule has 178 valence electrons. The second-order valence-electron chi connectivity index (χ2n) is 6.96.